The minimum Gasteiger partial charge on any atom is -0.481 e. The first-order chi connectivity index (χ1) is 10.1. The van der Waals surface area contributed by atoms with Crippen LogP contribution in [-0.2, 0) is 9.59 Å². The molecule has 5 nitrogen and oxygen atoms in total. The first-order valence-electron chi connectivity index (χ1n) is 7.06. The Bertz CT molecular complexity index is 657. The summed E-state index contributed by atoms with van der Waals surface area (Å²) in [5.74, 6) is -1.12. The van der Waals surface area contributed by atoms with Gasteiger partial charge in [0, 0.05) is 18.5 Å². The van der Waals surface area contributed by atoms with Crippen molar-refractivity contribution in [2.24, 2.45) is 5.92 Å². The van der Waals surface area contributed by atoms with Gasteiger partial charge < -0.3 is 14.4 Å². The molecule has 1 N–H and O–H groups in total. The average Bonchev–Trinajstić information content (AvgIpc) is 3.12. The number of rotatable bonds is 3. The molecule has 2 heterocycles. The number of hydrogen-bond donors (Lipinski definition) is 1. The van der Waals surface area contributed by atoms with E-state index in [0.717, 1.165) is 11.0 Å². The lowest BCUT2D eigenvalue weighted by molar-refractivity contribution is -0.141. The summed E-state index contributed by atoms with van der Waals surface area (Å²) in [5, 5.41) is 9.98. The first-order valence-corrected chi connectivity index (χ1v) is 7.06. The van der Waals surface area contributed by atoms with Crippen LogP contribution in [0.4, 0.5) is 0 Å². The third-order valence-corrected chi connectivity index (χ3v) is 4.09. The summed E-state index contributed by atoms with van der Waals surface area (Å²) in [6.07, 6.45) is 0.522. The van der Waals surface area contributed by atoms with Crippen molar-refractivity contribution < 1.29 is 19.1 Å². The molecule has 1 aliphatic rings. The van der Waals surface area contributed by atoms with Crippen LogP contribution in [0.5, 0.6) is 0 Å². The second-order valence-electron chi connectivity index (χ2n) is 5.52. The molecule has 2 atom stereocenters. The Hall–Kier alpha value is -2.30. The number of likely N-dealkylation sites (tertiary alicyclic amines) is 1. The maximum absolute atomic E-state index is 12.5. The maximum Gasteiger partial charge on any atom is 0.308 e. The van der Waals surface area contributed by atoms with E-state index in [1.807, 2.05) is 30.3 Å². The van der Waals surface area contributed by atoms with Gasteiger partial charge in [0.15, 0.2) is 0 Å². The van der Waals surface area contributed by atoms with Crippen molar-refractivity contribution in [3.8, 4) is 0 Å². The Labute approximate surface area is 122 Å². The number of carbonyl (C=O) groups excluding carboxylic acids is 1. The lowest BCUT2D eigenvalue weighted by Gasteiger charge is -2.19. The molecule has 0 spiro atoms. The fourth-order valence-electron chi connectivity index (χ4n) is 2.77. The number of carboxylic acid groups (broad SMARTS) is 1. The fraction of sp³-hybridized carbons (Fsp3) is 0.375. The summed E-state index contributed by atoms with van der Waals surface area (Å²) in [7, 11) is 0. The van der Waals surface area contributed by atoms with Crippen molar-refractivity contribution >= 4 is 22.8 Å². The molecule has 3 rings (SSSR count). The molecule has 110 valence electrons. The molecular weight excluding hydrogens is 270 g/mol. The van der Waals surface area contributed by atoms with Gasteiger partial charge in [-0.2, -0.15) is 0 Å². The zero-order valence-electron chi connectivity index (χ0n) is 11.8. The van der Waals surface area contributed by atoms with Gasteiger partial charge in [-0.15, -0.1) is 0 Å². The molecule has 0 saturated carbocycles. The van der Waals surface area contributed by atoms with Crippen LogP contribution in [0.3, 0.4) is 0 Å². The third-order valence-electron chi connectivity index (χ3n) is 4.09. The van der Waals surface area contributed by atoms with E-state index in [2.05, 4.69) is 0 Å². The van der Waals surface area contributed by atoms with Crippen molar-refractivity contribution in [1.82, 2.24) is 4.90 Å². The average molecular weight is 287 g/mol. The zero-order chi connectivity index (χ0) is 15.0. The monoisotopic (exact) mass is 287 g/mol. The van der Waals surface area contributed by atoms with E-state index in [9.17, 15) is 9.59 Å². The Balaban J connectivity index is 1.77. The van der Waals surface area contributed by atoms with Gasteiger partial charge in [0.2, 0.25) is 5.91 Å². The number of carbonyl (C=O) groups is 2. The molecule has 1 amide bonds. The topological polar surface area (TPSA) is 70.8 Å². The predicted octanol–water partition coefficient (Wildman–Crippen LogP) is 2.47. The van der Waals surface area contributed by atoms with Crippen LogP contribution in [0.2, 0.25) is 0 Å². The lowest BCUT2D eigenvalue weighted by Crippen LogP contribution is -2.33. The van der Waals surface area contributed by atoms with Crippen LogP contribution in [-0.4, -0.2) is 35.0 Å². The highest BCUT2D eigenvalue weighted by molar-refractivity contribution is 5.86. The Kier molecular flexibility index (Phi) is 3.41. The molecule has 1 fully saturated rings. The standard InChI is InChI=1S/C16H17NO4/c1-10(14-8-11-4-2-3-5-13(11)21-14)15(18)17-7-6-12(9-17)16(19)20/h2-5,8,10,12H,6-7,9H2,1H3,(H,19,20)/t10-,12-/m1/s1. The van der Waals surface area contributed by atoms with E-state index < -0.39 is 17.8 Å². The molecule has 0 unspecified atom stereocenters. The number of carboxylic acids is 1. The van der Waals surface area contributed by atoms with Gasteiger partial charge in [-0.3, -0.25) is 9.59 Å². The van der Waals surface area contributed by atoms with Crippen LogP contribution in [0, 0.1) is 5.92 Å². The summed E-state index contributed by atoms with van der Waals surface area (Å²) in [6.45, 7) is 2.59. The van der Waals surface area contributed by atoms with Crippen LogP contribution in [0.25, 0.3) is 11.0 Å². The summed E-state index contributed by atoms with van der Waals surface area (Å²) >= 11 is 0. The lowest BCUT2D eigenvalue weighted by atomic mass is 10.1. The molecule has 1 aromatic heterocycles. The number of nitrogens with zero attached hydrogens (tertiary/aromatic N) is 1. The van der Waals surface area contributed by atoms with Gasteiger partial charge in [0.25, 0.3) is 0 Å². The number of amides is 1. The predicted molar refractivity (Wildman–Crippen MR) is 77.0 cm³/mol. The Morgan fingerprint density at radius 3 is 2.81 bits per heavy atom. The molecule has 21 heavy (non-hydrogen) atoms. The molecule has 5 heteroatoms. The SMILES string of the molecule is C[C@@H](C(=O)N1CC[C@@H](C(=O)O)C1)c1cc2ccccc2o1. The highest BCUT2D eigenvalue weighted by Gasteiger charge is 2.33. The molecule has 0 bridgehead atoms. The largest absolute Gasteiger partial charge is 0.481 e. The third kappa shape index (κ3) is 2.51. The Morgan fingerprint density at radius 2 is 2.14 bits per heavy atom. The number of furan rings is 1. The molecule has 1 aliphatic heterocycles. The Morgan fingerprint density at radius 1 is 1.38 bits per heavy atom. The van der Waals surface area contributed by atoms with Gasteiger partial charge in [0.1, 0.15) is 11.3 Å². The van der Waals surface area contributed by atoms with E-state index in [-0.39, 0.29) is 5.91 Å². The van der Waals surface area contributed by atoms with E-state index in [4.69, 9.17) is 9.52 Å². The maximum atomic E-state index is 12.5. The van der Waals surface area contributed by atoms with Gasteiger partial charge in [0.05, 0.1) is 11.8 Å². The summed E-state index contributed by atoms with van der Waals surface area (Å²) in [5.41, 5.74) is 0.761. The molecule has 2 aromatic rings. The first kappa shape index (κ1) is 13.7. The van der Waals surface area contributed by atoms with Crippen LogP contribution in [0.15, 0.2) is 34.7 Å². The molecular formula is C16H17NO4. The van der Waals surface area contributed by atoms with Crippen LogP contribution < -0.4 is 0 Å². The quantitative estimate of drug-likeness (QED) is 0.941. The molecule has 0 radical (unpaired) electrons. The summed E-state index contributed by atoms with van der Waals surface area (Å²) in [4.78, 5) is 25.1. The van der Waals surface area contributed by atoms with Crippen LogP contribution in [0.1, 0.15) is 25.0 Å². The van der Waals surface area contributed by atoms with Crippen molar-refractivity contribution in [3.63, 3.8) is 0 Å². The van der Waals surface area contributed by atoms with Gasteiger partial charge in [-0.05, 0) is 25.5 Å². The smallest absolute Gasteiger partial charge is 0.308 e. The van der Waals surface area contributed by atoms with E-state index in [1.54, 1.807) is 11.8 Å². The van der Waals surface area contributed by atoms with Crippen LogP contribution >= 0.6 is 0 Å². The highest BCUT2D eigenvalue weighted by Crippen LogP contribution is 2.28. The molecule has 1 aromatic carbocycles. The number of para-hydroxylation sites is 1. The van der Waals surface area contributed by atoms with Crippen molar-refractivity contribution in [2.75, 3.05) is 13.1 Å². The zero-order valence-corrected chi connectivity index (χ0v) is 11.8. The van der Waals surface area contributed by atoms with E-state index >= 15 is 0 Å². The fourth-order valence-corrected chi connectivity index (χ4v) is 2.77. The number of benzene rings is 1. The van der Waals surface area contributed by atoms with E-state index in [1.165, 1.54) is 0 Å². The highest BCUT2D eigenvalue weighted by atomic mass is 16.4. The minimum absolute atomic E-state index is 0.0715. The minimum atomic E-state index is -0.832. The van der Waals surface area contributed by atoms with Gasteiger partial charge in [-0.1, -0.05) is 18.2 Å². The number of aliphatic carboxylic acids is 1. The van der Waals surface area contributed by atoms with Gasteiger partial charge in [-0.25, -0.2) is 0 Å². The number of fused-ring (bicyclic) bond motifs is 1. The van der Waals surface area contributed by atoms with Gasteiger partial charge >= 0.3 is 5.97 Å². The second-order valence-corrected chi connectivity index (χ2v) is 5.52. The summed E-state index contributed by atoms with van der Waals surface area (Å²) in [6, 6.07) is 9.50. The molecule has 0 aliphatic carbocycles. The summed E-state index contributed by atoms with van der Waals surface area (Å²) < 4.78 is 5.72. The van der Waals surface area contributed by atoms with Crippen molar-refractivity contribution in [3.05, 3.63) is 36.1 Å². The van der Waals surface area contributed by atoms with E-state index in [0.29, 0.717) is 25.3 Å². The normalized spacial score (nSPS) is 19.9. The number of hydrogen-bond acceptors (Lipinski definition) is 3. The molecule has 1 saturated heterocycles. The van der Waals surface area contributed by atoms with Crippen molar-refractivity contribution in [1.29, 1.82) is 0 Å². The second kappa shape index (κ2) is 5.24. The van der Waals surface area contributed by atoms with Crippen molar-refractivity contribution in [2.45, 2.75) is 19.3 Å².